The number of rotatable bonds is 5. The van der Waals surface area contributed by atoms with Crippen LogP contribution in [0.1, 0.15) is 5.56 Å². The summed E-state index contributed by atoms with van der Waals surface area (Å²) in [6.07, 6.45) is 2.95. The van der Waals surface area contributed by atoms with Crippen LogP contribution in [-0.4, -0.2) is 23.5 Å². The first-order chi connectivity index (χ1) is 9.40. The number of H-pyrrole nitrogens is 1. The number of hydrogen-bond acceptors (Lipinski definition) is 6. The topological polar surface area (TPSA) is 144 Å². The molecule has 0 amide bonds. The molecule has 9 nitrogen and oxygen atoms in total. The second-order valence-corrected chi connectivity index (χ2v) is 5.65. The highest BCUT2D eigenvalue weighted by atomic mass is 32.2. The van der Waals surface area contributed by atoms with Crippen LogP contribution in [0.5, 0.6) is 0 Å². The molecule has 2 rings (SSSR count). The zero-order valence-electron chi connectivity index (χ0n) is 10.1. The number of nitrogens with one attached hydrogen (secondary N) is 2. The average Bonchev–Trinajstić information content (AvgIpc) is 2.89. The van der Waals surface area contributed by atoms with E-state index in [1.807, 2.05) is 0 Å². The van der Waals surface area contributed by atoms with E-state index >= 15 is 0 Å². The lowest BCUT2D eigenvalue weighted by atomic mass is 10.3. The molecule has 20 heavy (non-hydrogen) atoms. The van der Waals surface area contributed by atoms with Gasteiger partial charge in [0, 0.05) is 30.1 Å². The van der Waals surface area contributed by atoms with Crippen molar-refractivity contribution in [2.45, 2.75) is 11.4 Å². The highest BCUT2D eigenvalue weighted by molar-refractivity contribution is 7.89. The molecule has 1 aromatic carbocycles. The summed E-state index contributed by atoms with van der Waals surface area (Å²) in [4.78, 5) is 9.63. The Kier molecular flexibility index (Phi) is 3.68. The van der Waals surface area contributed by atoms with E-state index in [1.165, 1.54) is 18.5 Å². The fraction of sp³-hybridized carbons (Fsp3) is 0.100. The van der Waals surface area contributed by atoms with Gasteiger partial charge in [0.25, 0.3) is 5.69 Å². The number of sulfonamides is 1. The summed E-state index contributed by atoms with van der Waals surface area (Å²) < 4.78 is 26.5. The smallest absolute Gasteiger partial charge is 0.289 e. The van der Waals surface area contributed by atoms with Gasteiger partial charge in [-0.2, -0.15) is 5.10 Å². The van der Waals surface area contributed by atoms with Gasteiger partial charge in [0.2, 0.25) is 10.0 Å². The van der Waals surface area contributed by atoms with Gasteiger partial charge < -0.3 is 5.73 Å². The minimum atomic E-state index is -4.05. The van der Waals surface area contributed by atoms with Crippen molar-refractivity contribution in [3.05, 3.63) is 46.3 Å². The lowest BCUT2D eigenvalue weighted by Gasteiger charge is -2.07. The Balaban J connectivity index is 2.33. The molecule has 106 valence electrons. The second kappa shape index (κ2) is 5.27. The Labute approximate surface area is 114 Å². The van der Waals surface area contributed by atoms with Gasteiger partial charge >= 0.3 is 0 Å². The van der Waals surface area contributed by atoms with Crippen LogP contribution in [-0.2, 0) is 16.6 Å². The van der Waals surface area contributed by atoms with Crippen molar-refractivity contribution in [1.29, 1.82) is 0 Å². The predicted molar refractivity (Wildman–Crippen MR) is 70.1 cm³/mol. The number of nitrogens with two attached hydrogens (primary N) is 1. The van der Waals surface area contributed by atoms with Gasteiger partial charge in [-0.05, 0) is 12.1 Å². The molecule has 0 radical (unpaired) electrons. The van der Waals surface area contributed by atoms with E-state index < -0.39 is 25.5 Å². The first kappa shape index (κ1) is 14.0. The maximum Gasteiger partial charge on any atom is 0.289 e. The molecular weight excluding hydrogens is 286 g/mol. The summed E-state index contributed by atoms with van der Waals surface area (Å²) in [5.74, 6) is 0. The molecule has 0 unspecified atom stereocenters. The normalized spacial score (nSPS) is 11.4. The summed E-state index contributed by atoms with van der Waals surface area (Å²) in [6.45, 7) is -0.0369. The number of hydrogen-bond donors (Lipinski definition) is 3. The lowest BCUT2D eigenvalue weighted by molar-refractivity contribution is -0.387. The van der Waals surface area contributed by atoms with Crippen molar-refractivity contribution >= 4 is 21.4 Å². The van der Waals surface area contributed by atoms with Crippen LogP contribution in [0, 0.1) is 10.1 Å². The van der Waals surface area contributed by atoms with Crippen LogP contribution in [0.2, 0.25) is 0 Å². The number of nitrogens with zero attached hydrogens (tertiary/aromatic N) is 2. The molecule has 0 saturated carbocycles. The molecule has 10 heteroatoms. The largest absolute Gasteiger partial charge is 0.399 e. The van der Waals surface area contributed by atoms with Gasteiger partial charge in [0.15, 0.2) is 4.90 Å². The molecule has 0 aliphatic carbocycles. The fourth-order valence-corrected chi connectivity index (χ4v) is 2.75. The third-order valence-corrected chi connectivity index (χ3v) is 3.92. The van der Waals surface area contributed by atoms with E-state index in [1.54, 1.807) is 0 Å². The number of aromatic nitrogens is 2. The molecule has 1 aromatic heterocycles. The van der Waals surface area contributed by atoms with E-state index in [2.05, 4.69) is 14.9 Å². The Morgan fingerprint density at radius 1 is 1.45 bits per heavy atom. The minimum absolute atomic E-state index is 0.0369. The molecule has 0 fully saturated rings. The molecule has 0 bridgehead atoms. The summed E-state index contributed by atoms with van der Waals surface area (Å²) in [5, 5.41) is 17.1. The summed E-state index contributed by atoms with van der Waals surface area (Å²) in [5.41, 5.74) is 5.68. The van der Waals surface area contributed by atoms with Crippen molar-refractivity contribution in [3.63, 3.8) is 0 Å². The highest BCUT2D eigenvalue weighted by Crippen LogP contribution is 2.25. The number of nitro benzene ring substituents is 1. The predicted octanol–water partition coefficient (Wildman–Crippen LogP) is 0.379. The Morgan fingerprint density at radius 3 is 2.80 bits per heavy atom. The second-order valence-electron chi connectivity index (χ2n) is 3.92. The third kappa shape index (κ3) is 2.92. The number of aromatic amines is 1. The molecule has 0 aliphatic rings. The van der Waals surface area contributed by atoms with E-state index in [0.29, 0.717) is 5.56 Å². The van der Waals surface area contributed by atoms with Crippen LogP contribution in [0.3, 0.4) is 0 Å². The zero-order valence-corrected chi connectivity index (χ0v) is 10.9. The third-order valence-electron chi connectivity index (χ3n) is 2.49. The maximum absolute atomic E-state index is 12.1. The quantitative estimate of drug-likeness (QED) is 0.413. The summed E-state index contributed by atoms with van der Waals surface area (Å²) in [7, 11) is -4.05. The summed E-state index contributed by atoms with van der Waals surface area (Å²) in [6, 6.07) is 3.38. The first-order valence-corrected chi connectivity index (χ1v) is 6.90. The van der Waals surface area contributed by atoms with E-state index in [-0.39, 0.29) is 12.2 Å². The molecule has 0 spiro atoms. The van der Waals surface area contributed by atoms with Gasteiger partial charge in [-0.1, -0.05) is 0 Å². The highest BCUT2D eigenvalue weighted by Gasteiger charge is 2.25. The number of nitrogen functional groups attached to an aromatic ring is 1. The molecule has 0 atom stereocenters. The molecule has 4 N–H and O–H groups in total. The average molecular weight is 297 g/mol. The number of anilines is 1. The Morgan fingerprint density at radius 2 is 2.20 bits per heavy atom. The van der Waals surface area contributed by atoms with Crippen molar-refractivity contribution < 1.29 is 13.3 Å². The Bertz CT molecular complexity index is 726. The van der Waals surface area contributed by atoms with Crippen LogP contribution in [0.25, 0.3) is 0 Å². The number of benzene rings is 1. The van der Waals surface area contributed by atoms with Crippen molar-refractivity contribution in [1.82, 2.24) is 14.9 Å². The summed E-state index contributed by atoms with van der Waals surface area (Å²) >= 11 is 0. The van der Waals surface area contributed by atoms with Gasteiger partial charge in [-0.3, -0.25) is 15.2 Å². The maximum atomic E-state index is 12.1. The zero-order chi connectivity index (χ0) is 14.8. The minimum Gasteiger partial charge on any atom is -0.399 e. The van der Waals surface area contributed by atoms with Crippen molar-refractivity contribution in [2.75, 3.05) is 5.73 Å². The van der Waals surface area contributed by atoms with Gasteiger partial charge in [-0.15, -0.1) is 0 Å². The fourth-order valence-electron chi connectivity index (χ4n) is 1.53. The molecule has 0 aliphatic heterocycles. The van der Waals surface area contributed by atoms with E-state index in [0.717, 1.165) is 12.1 Å². The number of nitro groups is 1. The molecular formula is C10H11N5O4S. The van der Waals surface area contributed by atoms with Crippen LogP contribution in [0.15, 0.2) is 35.5 Å². The first-order valence-electron chi connectivity index (χ1n) is 5.41. The van der Waals surface area contributed by atoms with Crippen molar-refractivity contribution in [3.8, 4) is 0 Å². The van der Waals surface area contributed by atoms with Crippen LogP contribution in [0.4, 0.5) is 11.4 Å². The molecule has 0 saturated heterocycles. The molecule has 1 heterocycles. The van der Waals surface area contributed by atoms with Crippen LogP contribution < -0.4 is 10.5 Å². The van der Waals surface area contributed by atoms with Crippen molar-refractivity contribution in [2.24, 2.45) is 0 Å². The van der Waals surface area contributed by atoms with Crippen LogP contribution >= 0.6 is 0 Å². The van der Waals surface area contributed by atoms with Gasteiger partial charge in [0.05, 0.1) is 11.1 Å². The van der Waals surface area contributed by atoms with Gasteiger partial charge in [-0.25, -0.2) is 13.1 Å². The monoisotopic (exact) mass is 297 g/mol. The van der Waals surface area contributed by atoms with Gasteiger partial charge in [0.1, 0.15) is 0 Å². The molecule has 2 aromatic rings. The van der Waals surface area contributed by atoms with E-state index in [4.69, 9.17) is 5.73 Å². The lowest BCUT2D eigenvalue weighted by Crippen LogP contribution is -2.24. The van der Waals surface area contributed by atoms with E-state index in [9.17, 15) is 18.5 Å². The standard InChI is InChI=1S/C10H11N5O4S/c11-8-1-2-9(15(16)17)10(3-8)20(18,19)14-6-7-4-12-13-5-7/h1-5,14H,6,11H2,(H,12,13). The SMILES string of the molecule is Nc1ccc([N+](=O)[O-])c(S(=O)(=O)NCc2cn[nH]c2)c1. The Hall–Kier alpha value is -2.46.